The standard InChI is InChI=1S/C17H17ClN6O2/c1-11-9-12-13(14(18)21-11)16(26)24(15(12)25)10-22-5-7-23(8-6-22)17-19-3-2-4-20-17/h2-4,9H,5-8,10H2,1H3. The molecule has 2 aromatic heterocycles. The van der Waals surface area contributed by atoms with Crippen LogP contribution in [0.1, 0.15) is 26.4 Å². The highest BCUT2D eigenvalue weighted by Gasteiger charge is 2.39. The molecule has 0 aliphatic carbocycles. The number of aromatic nitrogens is 3. The van der Waals surface area contributed by atoms with E-state index in [4.69, 9.17) is 11.6 Å². The van der Waals surface area contributed by atoms with E-state index in [1.807, 2.05) is 0 Å². The Labute approximate surface area is 155 Å². The molecule has 0 spiro atoms. The second-order valence-corrected chi connectivity index (χ2v) is 6.67. The molecule has 0 unspecified atom stereocenters. The number of hydrogen-bond donors (Lipinski definition) is 0. The molecular weight excluding hydrogens is 356 g/mol. The van der Waals surface area contributed by atoms with Crippen molar-refractivity contribution in [1.82, 2.24) is 24.8 Å². The Bertz CT molecular complexity index is 867. The van der Waals surface area contributed by atoms with Crippen LogP contribution in [0.5, 0.6) is 0 Å². The first-order valence-electron chi connectivity index (χ1n) is 8.32. The number of pyridine rings is 1. The Morgan fingerprint density at radius 1 is 1.08 bits per heavy atom. The fourth-order valence-electron chi connectivity index (χ4n) is 3.25. The number of amides is 2. The zero-order chi connectivity index (χ0) is 18.3. The summed E-state index contributed by atoms with van der Waals surface area (Å²) in [4.78, 5) is 43.2. The van der Waals surface area contributed by atoms with Crippen molar-refractivity contribution < 1.29 is 9.59 Å². The van der Waals surface area contributed by atoms with Crippen LogP contribution in [0.4, 0.5) is 5.95 Å². The number of hydrogen-bond acceptors (Lipinski definition) is 7. The van der Waals surface area contributed by atoms with Crippen LogP contribution in [0.3, 0.4) is 0 Å². The summed E-state index contributed by atoms with van der Waals surface area (Å²) in [7, 11) is 0. The van der Waals surface area contributed by atoms with Crippen LogP contribution < -0.4 is 4.90 Å². The molecule has 0 bridgehead atoms. The first-order chi connectivity index (χ1) is 12.5. The third-order valence-electron chi connectivity index (χ3n) is 4.59. The van der Waals surface area contributed by atoms with Gasteiger partial charge < -0.3 is 4.90 Å². The molecule has 134 valence electrons. The Morgan fingerprint density at radius 2 is 1.77 bits per heavy atom. The van der Waals surface area contributed by atoms with Gasteiger partial charge in [-0.3, -0.25) is 19.4 Å². The maximum absolute atomic E-state index is 12.6. The molecule has 0 saturated carbocycles. The Morgan fingerprint density at radius 3 is 2.46 bits per heavy atom. The van der Waals surface area contributed by atoms with Gasteiger partial charge in [0.25, 0.3) is 11.8 Å². The summed E-state index contributed by atoms with van der Waals surface area (Å²) in [5.74, 6) is 0.00348. The molecule has 26 heavy (non-hydrogen) atoms. The van der Waals surface area contributed by atoms with Gasteiger partial charge in [-0.25, -0.2) is 15.0 Å². The lowest BCUT2D eigenvalue weighted by Gasteiger charge is -2.36. The molecular formula is C17H17ClN6O2. The largest absolute Gasteiger partial charge is 0.338 e. The number of nitrogens with zero attached hydrogens (tertiary/aromatic N) is 6. The third kappa shape index (κ3) is 2.91. The number of carbonyl (C=O) groups is 2. The summed E-state index contributed by atoms with van der Waals surface area (Å²) in [6.07, 6.45) is 3.43. The minimum atomic E-state index is -0.378. The molecule has 2 aliphatic rings. The second-order valence-electron chi connectivity index (χ2n) is 6.31. The molecule has 1 saturated heterocycles. The molecule has 0 aromatic carbocycles. The molecule has 4 rings (SSSR count). The first kappa shape index (κ1) is 16.9. The van der Waals surface area contributed by atoms with Crippen molar-refractivity contribution in [1.29, 1.82) is 0 Å². The van der Waals surface area contributed by atoms with Crippen LogP contribution in [-0.4, -0.2) is 69.4 Å². The van der Waals surface area contributed by atoms with Crippen LogP contribution >= 0.6 is 11.6 Å². The molecule has 0 radical (unpaired) electrons. The number of fused-ring (bicyclic) bond motifs is 1. The number of anilines is 1. The molecule has 8 nitrogen and oxygen atoms in total. The third-order valence-corrected chi connectivity index (χ3v) is 4.86. The summed E-state index contributed by atoms with van der Waals surface area (Å²) in [6, 6.07) is 3.40. The minimum absolute atomic E-state index is 0.0897. The van der Waals surface area contributed by atoms with Gasteiger partial charge >= 0.3 is 0 Å². The topological polar surface area (TPSA) is 82.5 Å². The molecule has 2 aliphatic heterocycles. The maximum atomic E-state index is 12.6. The van der Waals surface area contributed by atoms with Crippen LogP contribution in [0.15, 0.2) is 24.5 Å². The zero-order valence-electron chi connectivity index (χ0n) is 14.2. The summed E-state index contributed by atoms with van der Waals surface area (Å²) in [5.41, 5.74) is 1.16. The van der Waals surface area contributed by atoms with Gasteiger partial charge in [0.15, 0.2) is 0 Å². The van der Waals surface area contributed by atoms with E-state index in [-0.39, 0.29) is 29.2 Å². The lowest BCUT2D eigenvalue weighted by atomic mass is 10.1. The average molecular weight is 373 g/mol. The van der Waals surface area contributed by atoms with Gasteiger partial charge in [-0.05, 0) is 19.1 Å². The van der Waals surface area contributed by atoms with Gasteiger partial charge in [0, 0.05) is 44.3 Å². The predicted octanol–water partition coefficient (Wildman–Crippen LogP) is 1.21. The van der Waals surface area contributed by atoms with E-state index < -0.39 is 0 Å². The van der Waals surface area contributed by atoms with Crippen molar-refractivity contribution in [2.24, 2.45) is 0 Å². The summed E-state index contributed by atoms with van der Waals surface area (Å²) >= 11 is 6.09. The van der Waals surface area contributed by atoms with Crippen molar-refractivity contribution in [3.8, 4) is 0 Å². The van der Waals surface area contributed by atoms with E-state index in [1.54, 1.807) is 31.5 Å². The first-order valence-corrected chi connectivity index (χ1v) is 8.70. The number of aryl methyl sites for hydroxylation is 1. The van der Waals surface area contributed by atoms with E-state index in [0.717, 1.165) is 13.1 Å². The van der Waals surface area contributed by atoms with Gasteiger partial charge in [-0.1, -0.05) is 11.6 Å². The Hall–Kier alpha value is -2.58. The van der Waals surface area contributed by atoms with Crippen molar-refractivity contribution in [3.63, 3.8) is 0 Å². The molecule has 1 fully saturated rings. The minimum Gasteiger partial charge on any atom is -0.338 e. The lowest BCUT2D eigenvalue weighted by molar-refractivity contribution is 0.0534. The molecule has 0 N–H and O–H groups in total. The van der Waals surface area contributed by atoms with E-state index >= 15 is 0 Å². The molecule has 0 atom stereocenters. The summed E-state index contributed by atoms with van der Waals surface area (Å²) in [6.45, 7) is 4.86. The normalized spacial score (nSPS) is 17.8. The predicted molar refractivity (Wildman–Crippen MR) is 95.2 cm³/mol. The van der Waals surface area contributed by atoms with E-state index in [1.165, 1.54) is 4.90 Å². The van der Waals surface area contributed by atoms with Crippen LogP contribution in [0.25, 0.3) is 0 Å². The highest BCUT2D eigenvalue weighted by Crippen LogP contribution is 2.29. The highest BCUT2D eigenvalue weighted by atomic mass is 35.5. The van der Waals surface area contributed by atoms with E-state index in [9.17, 15) is 9.59 Å². The van der Waals surface area contributed by atoms with Gasteiger partial charge in [-0.15, -0.1) is 0 Å². The summed E-state index contributed by atoms with van der Waals surface area (Å²) < 4.78 is 0. The fourth-order valence-corrected chi connectivity index (χ4v) is 3.57. The molecule has 2 amide bonds. The smallest absolute Gasteiger partial charge is 0.265 e. The maximum Gasteiger partial charge on any atom is 0.265 e. The Balaban J connectivity index is 1.44. The number of halogens is 1. The van der Waals surface area contributed by atoms with Crippen molar-refractivity contribution in [3.05, 3.63) is 46.5 Å². The lowest BCUT2D eigenvalue weighted by Crippen LogP contribution is -2.51. The monoisotopic (exact) mass is 372 g/mol. The number of carbonyl (C=O) groups excluding carboxylic acids is 2. The van der Waals surface area contributed by atoms with Crippen LogP contribution in [-0.2, 0) is 0 Å². The van der Waals surface area contributed by atoms with Crippen LogP contribution in [0.2, 0.25) is 5.15 Å². The second kappa shape index (κ2) is 6.62. The van der Waals surface area contributed by atoms with Crippen molar-refractivity contribution in [2.45, 2.75) is 6.92 Å². The summed E-state index contributed by atoms with van der Waals surface area (Å²) in [5, 5.41) is 0.0897. The highest BCUT2D eigenvalue weighted by molar-refractivity contribution is 6.36. The zero-order valence-corrected chi connectivity index (χ0v) is 15.0. The van der Waals surface area contributed by atoms with Crippen molar-refractivity contribution in [2.75, 3.05) is 37.7 Å². The average Bonchev–Trinajstić information content (AvgIpc) is 2.88. The van der Waals surface area contributed by atoms with Crippen molar-refractivity contribution >= 4 is 29.4 Å². The quantitative estimate of drug-likeness (QED) is 0.591. The number of piperazine rings is 1. The van der Waals surface area contributed by atoms with Gasteiger partial charge in [0.1, 0.15) is 5.15 Å². The molecule has 4 heterocycles. The van der Waals surface area contributed by atoms with Gasteiger partial charge in [0.05, 0.1) is 17.8 Å². The van der Waals surface area contributed by atoms with Gasteiger partial charge in [-0.2, -0.15) is 0 Å². The fraction of sp³-hybridized carbons (Fsp3) is 0.353. The number of imide groups is 1. The Kier molecular flexibility index (Phi) is 4.29. The van der Waals surface area contributed by atoms with Crippen LogP contribution in [0, 0.1) is 6.92 Å². The van der Waals surface area contributed by atoms with E-state index in [0.29, 0.717) is 30.3 Å². The number of rotatable bonds is 3. The molecule has 2 aromatic rings. The molecule has 9 heteroatoms. The van der Waals surface area contributed by atoms with Gasteiger partial charge in [0.2, 0.25) is 5.95 Å². The van der Waals surface area contributed by atoms with E-state index in [2.05, 4.69) is 24.8 Å². The SMILES string of the molecule is Cc1cc2c(c(Cl)n1)C(=O)N(CN1CCN(c3ncccn3)CC1)C2=O.